The lowest BCUT2D eigenvalue weighted by Crippen LogP contribution is -2.20. The van der Waals surface area contributed by atoms with Crippen molar-refractivity contribution in [1.29, 1.82) is 0 Å². The predicted octanol–water partition coefficient (Wildman–Crippen LogP) is 7.01. The van der Waals surface area contributed by atoms with E-state index in [1.54, 1.807) is 0 Å². The van der Waals surface area contributed by atoms with E-state index in [1.807, 2.05) is 91.9 Å². The smallest absolute Gasteiger partial charge is 0.309 e. The van der Waals surface area contributed by atoms with Crippen LogP contribution in [0.25, 0.3) is 34.2 Å². The summed E-state index contributed by atoms with van der Waals surface area (Å²) in [6.07, 6.45) is 3.80. The fraction of sp³-hybridized carbons (Fsp3) is 0.290. The monoisotopic (exact) mass is 495 g/mol. The van der Waals surface area contributed by atoms with E-state index in [2.05, 4.69) is 6.92 Å². The Morgan fingerprint density at radius 3 is 1.70 bits per heavy atom. The number of rotatable bonds is 12. The van der Waals surface area contributed by atoms with Crippen molar-refractivity contribution in [3.63, 3.8) is 0 Å². The van der Waals surface area contributed by atoms with E-state index in [0.717, 1.165) is 42.4 Å². The lowest BCUT2D eigenvalue weighted by atomic mass is 10.00. The zero-order valence-electron chi connectivity index (χ0n) is 21.5. The minimum atomic E-state index is -0.131. The average molecular weight is 496 g/mol. The van der Waals surface area contributed by atoms with Gasteiger partial charge in [-0.2, -0.15) is 0 Å². The van der Waals surface area contributed by atoms with E-state index in [9.17, 15) is 4.79 Å². The Morgan fingerprint density at radius 1 is 0.703 bits per heavy atom. The van der Waals surface area contributed by atoms with Crippen molar-refractivity contribution in [1.82, 2.24) is 15.0 Å². The molecule has 0 aliphatic heterocycles. The molecular weight excluding hydrogens is 462 g/mol. The van der Waals surface area contributed by atoms with Crippen LogP contribution in [0.1, 0.15) is 39.5 Å². The molecule has 0 spiro atoms. The fourth-order valence-corrected chi connectivity index (χ4v) is 4.00. The Kier molecular flexibility index (Phi) is 9.35. The van der Waals surface area contributed by atoms with Crippen LogP contribution >= 0.6 is 0 Å². The van der Waals surface area contributed by atoms with E-state index in [1.165, 1.54) is 0 Å². The summed E-state index contributed by atoms with van der Waals surface area (Å²) in [6.45, 7) is 4.69. The number of ether oxygens (including phenoxy) is 2. The number of nitrogens with zero attached hydrogens (tertiary/aromatic N) is 3. The first kappa shape index (κ1) is 26.0. The molecule has 190 valence electrons. The summed E-state index contributed by atoms with van der Waals surface area (Å²) < 4.78 is 11.2. The average Bonchev–Trinajstić information content (AvgIpc) is 2.97. The molecule has 1 aromatic heterocycles. The summed E-state index contributed by atoms with van der Waals surface area (Å²) in [5, 5.41) is 0. The number of hydrogen-bond donors (Lipinski definition) is 0. The van der Waals surface area contributed by atoms with Crippen LogP contribution in [-0.2, 0) is 9.53 Å². The van der Waals surface area contributed by atoms with Gasteiger partial charge in [0.25, 0.3) is 0 Å². The van der Waals surface area contributed by atoms with Crippen LogP contribution in [0, 0.1) is 5.92 Å². The molecule has 6 heteroatoms. The van der Waals surface area contributed by atoms with Crippen molar-refractivity contribution >= 4 is 5.97 Å². The molecule has 3 aromatic carbocycles. The first-order chi connectivity index (χ1) is 18.2. The minimum Gasteiger partial charge on any atom is -0.490 e. The third-order valence-electron chi connectivity index (χ3n) is 6.14. The molecule has 1 atom stereocenters. The standard InChI is InChI=1S/C31H33N3O3/c1-3-5-12-23(4-2)31(35)37-22-21-36-27-19-17-26(18-20-27)30-33-28(24-13-8-6-9-14-24)32-29(34-30)25-15-10-7-11-16-25/h6-11,13-20,23H,3-5,12,21-22H2,1-2H3. The van der Waals surface area contributed by atoms with E-state index < -0.39 is 0 Å². The third kappa shape index (κ3) is 7.23. The van der Waals surface area contributed by atoms with Gasteiger partial charge in [-0.1, -0.05) is 87.4 Å². The molecule has 1 unspecified atom stereocenters. The molecule has 0 bridgehead atoms. The Bertz CT molecular complexity index is 1200. The number of hydrogen-bond acceptors (Lipinski definition) is 6. The van der Waals surface area contributed by atoms with Gasteiger partial charge in [-0.05, 0) is 37.1 Å². The molecule has 0 fully saturated rings. The Morgan fingerprint density at radius 2 is 1.22 bits per heavy atom. The highest BCUT2D eigenvalue weighted by molar-refractivity contribution is 5.72. The van der Waals surface area contributed by atoms with Crippen molar-refractivity contribution < 1.29 is 14.3 Å². The topological polar surface area (TPSA) is 74.2 Å². The van der Waals surface area contributed by atoms with E-state index >= 15 is 0 Å². The second kappa shape index (κ2) is 13.3. The SMILES string of the molecule is CCCCC(CC)C(=O)OCCOc1ccc(-c2nc(-c3ccccc3)nc(-c3ccccc3)n2)cc1. The Balaban J connectivity index is 1.44. The highest BCUT2D eigenvalue weighted by atomic mass is 16.6. The number of carbonyl (C=O) groups excluding carboxylic acids is 1. The van der Waals surface area contributed by atoms with Crippen LogP contribution in [0.3, 0.4) is 0 Å². The van der Waals surface area contributed by atoms with Gasteiger partial charge in [-0.3, -0.25) is 4.79 Å². The minimum absolute atomic E-state index is 0.0267. The number of esters is 1. The summed E-state index contributed by atoms with van der Waals surface area (Å²) >= 11 is 0. The number of aromatic nitrogens is 3. The number of benzene rings is 3. The molecule has 0 aliphatic carbocycles. The van der Waals surface area contributed by atoms with Gasteiger partial charge in [0.1, 0.15) is 19.0 Å². The second-order valence-electron chi connectivity index (χ2n) is 8.83. The zero-order valence-corrected chi connectivity index (χ0v) is 21.5. The Hall–Kier alpha value is -4.06. The van der Waals surface area contributed by atoms with E-state index in [-0.39, 0.29) is 18.5 Å². The molecule has 1 heterocycles. The van der Waals surface area contributed by atoms with Crippen LogP contribution < -0.4 is 4.74 Å². The quantitative estimate of drug-likeness (QED) is 0.155. The molecule has 4 rings (SSSR count). The fourth-order valence-electron chi connectivity index (χ4n) is 4.00. The van der Waals surface area contributed by atoms with Gasteiger partial charge < -0.3 is 9.47 Å². The summed E-state index contributed by atoms with van der Waals surface area (Å²) in [5.41, 5.74) is 2.72. The molecule has 0 saturated carbocycles. The van der Waals surface area contributed by atoms with E-state index in [4.69, 9.17) is 24.4 Å². The largest absolute Gasteiger partial charge is 0.490 e. The summed E-state index contributed by atoms with van der Waals surface area (Å²) in [7, 11) is 0. The maximum absolute atomic E-state index is 12.3. The van der Waals surface area contributed by atoms with E-state index in [0.29, 0.717) is 29.8 Å². The van der Waals surface area contributed by atoms with Gasteiger partial charge in [-0.25, -0.2) is 15.0 Å². The molecule has 0 aliphatic rings. The van der Waals surface area contributed by atoms with Crippen molar-refractivity contribution in [3.8, 4) is 39.9 Å². The number of unbranched alkanes of at least 4 members (excludes halogenated alkanes) is 1. The molecular formula is C31H33N3O3. The van der Waals surface area contributed by atoms with Crippen LogP contribution in [0.4, 0.5) is 0 Å². The highest BCUT2D eigenvalue weighted by Crippen LogP contribution is 2.25. The Labute approximate surface area is 218 Å². The molecule has 0 amide bonds. The molecule has 37 heavy (non-hydrogen) atoms. The normalized spacial score (nSPS) is 11.6. The molecule has 0 N–H and O–H groups in total. The van der Waals surface area contributed by atoms with Crippen LogP contribution in [0.2, 0.25) is 0 Å². The van der Waals surface area contributed by atoms with Crippen molar-refractivity contribution in [2.24, 2.45) is 5.92 Å². The van der Waals surface area contributed by atoms with Gasteiger partial charge in [0, 0.05) is 16.7 Å². The second-order valence-corrected chi connectivity index (χ2v) is 8.83. The summed E-state index contributed by atoms with van der Waals surface area (Å²) in [4.78, 5) is 26.5. The molecule has 0 saturated heterocycles. The maximum Gasteiger partial charge on any atom is 0.309 e. The van der Waals surface area contributed by atoms with Crippen molar-refractivity contribution in [3.05, 3.63) is 84.9 Å². The summed E-state index contributed by atoms with van der Waals surface area (Å²) in [5.74, 6) is 2.37. The van der Waals surface area contributed by atoms with Gasteiger partial charge in [0.05, 0.1) is 5.92 Å². The van der Waals surface area contributed by atoms with Gasteiger partial charge in [-0.15, -0.1) is 0 Å². The van der Waals surface area contributed by atoms with Crippen molar-refractivity contribution in [2.45, 2.75) is 39.5 Å². The number of carbonyl (C=O) groups is 1. The lowest BCUT2D eigenvalue weighted by Gasteiger charge is -2.14. The highest BCUT2D eigenvalue weighted by Gasteiger charge is 2.17. The van der Waals surface area contributed by atoms with Crippen LogP contribution in [-0.4, -0.2) is 34.1 Å². The van der Waals surface area contributed by atoms with Gasteiger partial charge >= 0.3 is 5.97 Å². The maximum atomic E-state index is 12.3. The first-order valence-corrected chi connectivity index (χ1v) is 12.9. The predicted molar refractivity (Wildman–Crippen MR) is 146 cm³/mol. The van der Waals surface area contributed by atoms with Crippen molar-refractivity contribution in [2.75, 3.05) is 13.2 Å². The molecule has 0 radical (unpaired) electrons. The summed E-state index contributed by atoms with van der Waals surface area (Å²) in [6, 6.07) is 27.4. The zero-order chi connectivity index (χ0) is 25.9. The van der Waals surface area contributed by atoms with Gasteiger partial charge in [0.15, 0.2) is 17.5 Å². The van der Waals surface area contributed by atoms with Crippen LogP contribution in [0.5, 0.6) is 5.75 Å². The van der Waals surface area contributed by atoms with Crippen LogP contribution in [0.15, 0.2) is 84.9 Å². The molecule has 4 aromatic rings. The molecule has 6 nitrogen and oxygen atoms in total. The lowest BCUT2D eigenvalue weighted by molar-refractivity contribution is -0.149. The third-order valence-corrected chi connectivity index (χ3v) is 6.14. The van der Waals surface area contributed by atoms with Gasteiger partial charge in [0.2, 0.25) is 0 Å². The first-order valence-electron chi connectivity index (χ1n) is 12.9.